The molecular formula is C9H11ClO3. The van der Waals surface area contributed by atoms with E-state index in [9.17, 15) is 4.79 Å². The molecule has 1 aliphatic heterocycles. The first-order chi connectivity index (χ1) is 6.24. The summed E-state index contributed by atoms with van der Waals surface area (Å²) in [5, 5.41) is 9.06. The number of alkyl halides is 1. The van der Waals surface area contributed by atoms with E-state index in [0.717, 1.165) is 6.42 Å². The van der Waals surface area contributed by atoms with E-state index in [1.807, 2.05) is 0 Å². The van der Waals surface area contributed by atoms with Crippen molar-refractivity contribution in [3.8, 4) is 0 Å². The number of ether oxygens (including phenoxy) is 1. The number of carbonyl (C=O) groups is 1. The minimum Gasteiger partial charge on any atom is -0.481 e. The van der Waals surface area contributed by atoms with Crippen LogP contribution >= 0.6 is 11.6 Å². The molecule has 13 heavy (non-hydrogen) atoms. The highest BCUT2D eigenvalue weighted by Gasteiger charge is 2.68. The quantitative estimate of drug-likeness (QED) is 0.536. The third-order valence-corrected chi connectivity index (χ3v) is 4.24. The molecule has 2 bridgehead atoms. The molecule has 3 aliphatic rings. The fourth-order valence-corrected chi connectivity index (χ4v) is 3.76. The Labute approximate surface area is 81.0 Å². The van der Waals surface area contributed by atoms with Gasteiger partial charge in [-0.05, 0) is 18.3 Å². The summed E-state index contributed by atoms with van der Waals surface area (Å²) < 4.78 is 5.43. The topological polar surface area (TPSA) is 49.8 Å². The second-order valence-corrected chi connectivity index (χ2v) is 4.62. The molecule has 2 saturated carbocycles. The first-order valence-corrected chi connectivity index (χ1v) is 5.21. The Balaban J connectivity index is 1.90. The molecule has 1 heterocycles. The van der Waals surface area contributed by atoms with E-state index in [2.05, 4.69) is 0 Å². The van der Waals surface area contributed by atoms with E-state index in [1.54, 1.807) is 0 Å². The van der Waals surface area contributed by atoms with Gasteiger partial charge in [0.25, 0.3) is 0 Å². The smallest absolute Gasteiger partial charge is 0.307 e. The van der Waals surface area contributed by atoms with Gasteiger partial charge in [-0.25, -0.2) is 0 Å². The summed E-state index contributed by atoms with van der Waals surface area (Å²) in [6.45, 7) is 0. The highest BCUT2D eigenvalue weighted by atomic mass is 35.5. The lowest BCUT2D eigenvalue weighted by Gasteiger charge is -2.23. The van der Waals surface area contributed by atoms with Gasteiger partial charge in [0, 0.05) is 11.8 Å². The summed E-state index contributed by atoms with van der Waals surface area (Å²) >= 11 is 5.81. The van der Waals surface area contributed by atoms with Crippen LogP contribution in [0.5, 0.6) is 0 Å². The number of fused-ring (bicyclic) bond motifs is 5. The van der Waals surface area contributed by atoms with Crippen LogP contribution in [0.15, 0.2) is 0 Å². The lowest BCUT2D eigenvalue weighted by atomic mass is 9.80. The van der Waals surface area contributed by atoms with Gasteiger partial charge in [0.15, 0.2) is 0 Å². The summed E-state index contributed by atoms with van der Waals surface area (Å²) in [5.74, 6) is 0.348. The molecule has 4 heteroatoms. The minimum atomic E-state index is -0.688. The second-order valence-electron chi connectivity index (χ2n) is 4.31. The van der Waals surface area contributed by atoms with Crippen LogP contribution in [0.2, 0.25) is 0 Å². The zero-order valence-electron chi connectivity index (χ0n) is 7.02. The van der Waals surface area contributed by atoms with Crippen LogP contribution in [-0.4, -0.2) is 29.2 Å². The molecule has 0 amide bonds. The van der Waals surface area contributed by atoms with Gasteiger partial charge < -0.3 is 9.84 Å². The molecule has 72 valence electrons. The van der Waals surface area contributed by atoms with Crippen molar-refractivity contribution < 1.29 is 14.6 Å². The summed E-state index contributed by atoms with van der Waals surface area (Å²) in [4.78, 5) is 11.0. The predicted octanol–water partition coefficient (Wildman–Crippen LogP) is 0.959. The summed E-state index contributed by atoms with van der Waals surface area (Å²) in [7, 11) is 0. The van der Waals surface area contributed by atoms with Crippen molar-refractivity contribution in [2.75, 3.05) is 5.88 Å². The second kappa shape index (κ2) is 2.39. The van der Waals surface area contributed by atoms with Gasteiger partial charge in [-0.15, -0.1) is 11.6 Å². The number of aliphatic carboxylic acids is 1. The number of hydrogen-bond donors (Lipinski definition) is 1. The zero-order chi connectivity index (χ0) is 9.16. The van der Waals surface area contributed by atoms with Crippen LogP contribution < -0.4 is 0 Å². The Kier molecular flexibility index (Phi) is 1.48. The Morgan fingerprint density at radius 3 is 2.77 bits per heavy atom. The monoisotopic (exact) mass is 202 g/mol. The maximum absolute atomic E-state index is 11.0. The molecule has 0 radical (unpaired) electrons. The van der Waals surface area contributed by atoms with Crippen LogP contribution in [0.3, 0.4) is 0 Å². The van der Waals surface area contributed by atoms with Crippen molar-refractivity contribution in [2.24, 2.45) is 23.7 Å². The third kappa shape index (κ3) is 0.868. The number of hydrogen-bond acceptors (Lipinski definition) is 2. The number of carboxylic acid groups (broad SMARTS) is 1. The number of carboxylic acids is 1. The molecule has 0 unspecified atom stereocenters. The molecule has 0 aromatic heterocycles. The fourth-order valence-electron chi connectivity index (χ4n) is 3.34. The van der Waals surface area contributed by atoms with E-state index < -0.39 is 5.97 Å². The third-order valence-electron chi connectivity index (χ3n) is 3.89. The molecule has 1 N–H and O–H groups in total. The molecule has 3 rings (SSSR count). The normalized spacial score (nSPS) is 56.4. The molecule has 3 nitrogen and oxygen atoms in total. The van der Waals surface area contributed by atoms with Crippen molar-refractivity contribution in [2.45, 2.75) is 18.6 Å². The average Bonchev–Trinajstić information content (AvgIpc) is 2.72. The van der Waals surface area contributed by atoms with Gasteiger partial charge in [0.1, 0.15) is 0 Å². The van der Waals surface area contributed by atoms with Gasteiger partial charge in [-0.1, -0.05) is 0 Å². The van der Waals surface area contributed by atoms with E-state index in [4.69, 9.17) is 21.4 Å². The summed E-state index contributed by atoms with van der Waals surface area (Å²) in [6, 6.07) is 0. The van der Waals surface area contributed by atoms with Gasteiger partial charge in [-0.3, -0.25) is 4.79 Å². The Hall–Kier alpha value is -0.280. The van der Waals surface area contributed by atoms with Gasteiger partial charge >= 0.3 is 5.97 Å². The minimum absolute atomic E-state index is 0.146. The molecule has 1 saturated heterocycles. The standard InChI is InChI=1S/C9H11ClO3/c10-2-5-3-1-4(6(5)9(11)12)8-7(3)13-8/h3-8H,1-2H2,(H,11,12)/t3-,4+,5+,6+,7+,8-/m1/s1. The van der Waals surface area contributed by atoms with Crippen LogP contribution in [0.4, 0.5) is 0 Å². The highest BCUT2D eigenvalue weighted by Crippen LogP contribution is 2.61. The molecule has 0 aromatic rings. The van der Waals surface area contributed by atoms with Crippen molar-refractivity contribution in [1.82, 2.24) is 0 Å². The van der Waals surface area contributed by atoms with Gasteiger partial charge in [0.05, 0.1) is 18.1 Å². The molecule has 2 aliphatic carbocycles. The zero-order valence-corrected chi connectivity index (χ0v) is 7.78. The summed E-state index contributed by atoms with van der Waals surface area (Å²) in [5.41, 5.74) is 0. The van der Waals surface area contributed by atoms with Gasteiger partial charge in [-0.2, -0.15) is 0 Å². The first-order valence-electron chi connectivity index (χ1n) is 4.68. The van der Waals surface area contributed by atoms with Crippen LogP contribution in [0.1, 0.15) is 6.42 Å². The highest BCUT2D eigenvalue weighted by molar-refractivity contribution is 6.18. The molecule has 3 fully saturated rings. The lowest BCUT2D eigenvalue weighted by Crippen LogP contribution is -2.34. The lowest BCUT2D eigenvalue weighted by molar-refractivity contribution is -0.144. The number of halogens is 1. The van der Waals surface area contributed by atoms with E-state index in [-0.39, 0.29) is 23.9 Å². The SMILES string of the molecule is O=C(O)[C@H]1[C@@H]2C[C@H]([C@@H]1CCl)[C@@H]1O[C@H]21. The predicted molar refractivity (Wildman–Crippen MR) is 45.6 cm³/mol. The number of rotatable bonds is 2. The molecule has 0 spiro atoms. The van der Waals surface area contributed by atoms with Crippen molar-refractivity contribution in [3.63, 3.8) is 0 Å². The Bertz CT molecular complexity index is 268. The molecular weight excluding hydrogens is 192 g/mol. The van der Waals surface area contributed by atoms with Crippen molar-refractivity contribution in [1.29, 1.82) is 0 Å². The van der Waals surface area contributed by atoms with Crippen LogP contribution in [0.25, 0.3) is 0 Å². The Morgan fingerprint density at radius 2 is 2.15 bits per heavy atom. The average molecular weight is 203 g/mol. The number of epoxide rings is 1. The fraction of sp³-hybridized carbons (Fsp3) is 0.889. The largest absolute Gasteiger partial charge is 0.481 e. The maximum Gasteiger partial charge on any atom is 0.307 e. The van der Waals surface area contributed by atoms with Crippen LogP contribution in [0, 0.1) is 23.7 Å². The first kappa shape index (κ1) is 8.06. The van der Waals surface area contributed by atoms with Crippen LogP contribution in [-0.2, 0) is 9.53 Å². The van der Waals surface area contributed by atoms with Crippen molar-refractivity contribution >= 4 is 17.6 Å². The van der Waals surface area contributed by atoms with Crippen molar-refractivity contribution in [3.05, 3.63) is 0 Å². The van der Waals surface area contributed by atoms with E-state index in [1.165, 1.54) is 0 Å². The molecule has 0 aromatic carbocycles. The maximum atomic E-state index is 11.0. The van der Waals surface area contributed by atoms with E-state index >= 15 is 0 Å². The van der Waals surface area contributed by atoms with E-state index in [0.29, 0.717) is 17.9 Å². The molecule has 6 atom stereocenters. The van der Waals surface area contributed by atoms with Gasteiger partial charge in [0.2, 0.25) is 0 Å². The summed E-state index contributed by atoms with van der Waals surface area (Å²) in [6.07, 6.45) is 1.62. The Morgan fingerprint density at radius 1 is 1.46 bits per heavy atom.